The first kappa shape index (κ1) is 15.6. The molecule has 1 unspecified atom stereocenters. The van der Waals surface area contributed by atoms with Crippen LogP contribution in [0.4, 0.5) is 5.69 Å². The highest BCUT2D eigenvalue weighted by Crippen LogP contribution is 2.41. The number of carbonyl (C=O) groups is 2. The average Bonchev–Trinajstić information content (AvgIpc) is 2.98. The molecule has 1 atom stereocenters. The van der Waals surface area contributed by atoms with Crippen molar-refractivity contribution < 1.29 is 9.59 Å². The van der Waals surface area contributed by atoms with Gasteiger partial charge in [0.05, 0.1) is 41.5 Å². The molecule has 8 nitrogen and oxygen atoms in total. The first-order valence-corrected chi connectivity index (χ1v) is 8.33. The summed E-state index contributed by atoms with van der Waals surface area (Å²) in [5.41, 5.74) is 0.710. The molecule has 0 radical (unpaired) electrons. The van der Waals surface area contributed by atoms with Gasteiger partial charge in [-0.15, -0.1) is 0 Å². The largest absolute Gasteiger partial charge is 0.338 e. The van der Waals surface area contributed by atoms with E-state index in [1.54, 1.807) is 28.3 Å². The maximum atomic E-state index is 13.1. The van der Waals surface area contributed by atoms with Crippen LogP contribution < -0.4 is 4.90 Å². The zero-order chi connectivity index (χ0) is 17.3. The second-order valence-corrected chi connectivity index (χ2v) is 6.55. The first-order chi connectivity index (χ1) is 12.2. The Kier molecular flexibility index (Phi) is 3.87. The molecule has 2 aliphatic heterocycles. The zero-order valence-corrected chi connectivity index (χ0v) is 13.7. The summed E-state index contributed by atoms with van der Waals surface area (Å²) in [4.78, 5) is 37.3. The monoisotopic (exact) mass is 338 g/mol. The van der Waals surface area contributed by atoms with E-state index < -0.39 is 5.41 Å². The maximum Gasteiger partial charge on any atom is 0.255 e. The second-order valence-electron chi connectivity index (χ2n) is 6.55. The molecular weight excluding hydrogens is 320 g/mol. The van der Waals surface area contributed by atoms with Gasteiger partial charge < -0.3 is 9.80 Å². The molecule has 1 spiro atoms. The summed E-state index contributed by atoms with van der Waals surface area (Å²) in [5, 5.41) is 7.48. The van der Waals surface area contributed by atoms with E-state index in [0.29, 0.717) is 30.9 Å². The summed E-state index contributed by atoms with van der Waals surface area (Å²) in [5.74, 6) is -0.0316. The van der Waals surface area contributed by atoms with Crippen LogP contribution >= 0.6 is 0 Å². The lowest BCUT2D eigenvalue weighted by Gasteiger charge is -2.39. The van der Waals surface area contributed by atoms with Crippen LogP contribution in [-0.2, 0) is 4.79 Å². The summed E-state index contributed by atoms with van der Waals surface area (Å²) in [6, 6.07) is 1.65. The molecule has 25 heavy (non-hydrogen) atoms. The molecule has 0 saturated carbocycles. The van der Waals surface area contributed by atoms with Crippen LogP contribution in [0.3, 0.4) is 0 Å². The van der Waals surface area contributed by atoms with Crippen molar-refractivity contribution in [1.29, 1.82) is 0 Å². The third-order valence-corrected chi connectivity index (χ3v) is 5.07. The normalized spacial score (nSPS) is 23.3. The molecule has 2 saturated heterocycles. The number of amides is 2. The van der Waals surface area contributed by atoms with E-state index in [-0.39, 0.29) is 11.8 Å². The Morgan fingerprint density at radius 2 is 1.92 bits per heavy atom. The van der Waals surface area contributed by atoms with E-state index in [2.05, 4.69) is 20.2 Å². The highest BCUT2D eigenvalue weighted by atomic mass is 16.2. The lowest BCUT2D eigenvalue weighted by Crippen LogP contribution is -2.50. The van der Waals surface area contributed by atoms with Gasteiger partial charge in [0.2, 0.25) is 5.91 Å². The van der Waals surface area contributed by atoms with Gasteiger partial charge in [0.25, 0.3) is 5.91 Å². The van der Waals surface area contributed by atoms with Crippen LogP contribution in [0, 0.1) is 5.41 Å². The number of carbonyl (C=O) groups excluding carboxylic acids is 2. The Bertz CT molecular complexity index is 784. The van der Waals surface area contributed by atoms with Crippen LogP contribution in [0.1, 0.15) is 29.6 Å². The summed E-state index contributed by atoms with van der Waals surface area (Å²) in [6.45, 7) is 1.73. The van der Waals surface area contributed by atoms with Crippen LogP contribution in [0.2, 0.25) is 0 Å². The molecule has 4 heterocycles. The van der Waals surface area contributed by atoms with E-state index in [0.717, 1.165) is 19.3 Å². The van der Waals surface area contributed by atoms with E-state index in [1.807, 2.05) is 0 Å². The number of piperidine rings is 1. The highest BCUT2D eigenvalue weighted by molar-refractivity contribution is 6.01. The van der Waals surface area contributed by atoms with Crippen molar-refractivity contribution in [2.75, 3.05) is 24.5 Å². The SMILES string of the molecule is O=C(c1ccnnc1)N1CCCC2(CCN(c3cncnc3)C2=O)C1. The van der Waals surface area contributed by atoms with Crippen molar-refractivity contribution in [1.82, 2.24) is 25.1 Å². The van der Waals surface area contributed by atoms with Crippen molar-refractivity contribution in [3.05, 3.63) is 42.7 Å². The lowest BCUT2D eigenvalue weighted by atomic mass is 9.78. The molecule has 0 N–H and O–H groups in total. The smallest absolute Gasteiger partial charge is 0.255 e. The fourth-order valence-corrected chi connectivity index (χ4v) is 3.78. The standard InChI is InChI=1S/C17H18N6O2/c24-15(13-2-5-20-21-8-13)22-6-1-3-17(11-22)4-7-23(16(17)25)14-9-18-12-19-10-14/h2,5,8-10,12H,1,3-4,6-7,11H2. The Morgan fingerprint density at radius 1 is 1.08 bits per heavy atom. The van der Waals surface area contributed by atoms with Gasteiger partial charge in [0.15, 0.2) is 0 Å². The van der Waals surface area contributed by atoms with Gasteiger partial charge >= 0.3 is 0 Å². The van der Waals surface area contributed by atoms with Crippen molar-refractivity contribution >= 4 is 17.5 Å². The molecule has 128 valence electrons. The third kappa shape index (κ3) is 2.73. The van der Waals surface area contributed by atoms with E-state index in [9.17, 15) is 9.59 Å². The van der Waals surface area contributed by atoms with Gasteiger partial charge in [0.1, 0.15) is 6.33 Å². The maximum absolute atomic E-state index is 13.1. The van der Waals surface area contributed by atoms with Crippen LogP contribution in [0.15, 0.2) is 37.2 Å². The van der Waals surface area contributed by atoms with E-state index in [1.165, 1.54) is 18.7 Å². The number of aromatic nitrogens is 4. The van der Waals surface area contributed by atoms with Crippen molar-refractivity contribution in [2.45, 2.75) is 19.3 Å². The first-order valence-electron chi connectivity index (χ1n) is 8.33. The van der Waals surface area contributed by atoms with Gasteiger partial charge in [-0.2, -0.15) is 10.2 Å². The van der Waals surface area contributed by atoms with Gasteiger partial charge in [-0.25, -0.2) is 9.97 Å². The quantitative estimate of drug-likeness (QED) is 0.809. The summed E-state index contributed by atoms with van der Waals surface area (Å²) in [6.07, 6.45) is 10.1. The van der Waals surface area contributed by atoms with E-state index in [4.69, 9.17) is 0 Å². The molecule has 4 rings (SSSR count). The van der Waals surface area contributed by atoms with Gasteiger partial charge in [0, 0.05) is 19.6 Å². The van der Waals surface area contributed by atoms with Crippen molar-refractivity contribution in [3.63, 3.8) is 0 Å². The molecule has 2 fully saturated rings. The molecule has 0 aromatic carbocycles. The van der Waals surface area contributed by atoms with Crippen LogP contribution in [0.5, 0.6) is 0 Å². The molecule has 2 amide bonds. The highest BCUT2D eigenvalue weighted by Gasteiger charge is 2.50. The topological polar surface area (TPSA) is 92.2 Å². The minimum Gasteiger partial charge on any atom is -0.338 e. The summed E-state index contributed by atoms with van der Waals surface area (Å²) in [7, 11) is 0. The molecule has 0 bridgehead atoms. The summed E-state index contributed by atoms with van der Waals surface area (Å²) < 4.78 is 0. The van der Waals surface area contributed by atoms with Gasteiger partial charge in [-0.05, 0) is 25.3 Å². The van der Waals surface area contributed by atoms with E-state index >= 15 is 0 Å². The third-order valence-electron chi connectivity index (χ3n) is 5.07. The number of hydrogen-bond donors (Lipinski definition) is 0. The molecule has 0 aliphatic carbocycles. The summed E-state index contributed by atoms with van der Waals surface area (Å²) >= 11 is 0. The van der Waals surface area contributed by atoms with Crippen molar-refractivity contribution in [3.8, 4) is 0 Å². The Hall–Kier alpha value is -2.90. The average molecular weight is 338 g/mol. The number of likely N-dealkylation sites (tertiary alicyclic amines) is 1. The predicted molar refractivity (Wildman–Crippen MR) is 88.6 cm³/mol. The van der Waals surface area contributed by atoms with Crippen LogP contribution in [0.25, 0.3) is 0 Å². The number of nitrogens with zero attached hydrogens (tertiary/aromatic N) is 6. The minimum absolute atomic E-state index is 0.0626. The lowest BCUT2D eigenvalue weighted by molar-refractivity contribution is -0.127. The predicted octanol–water partition coefficient (Wildman–Crippen LogP) is 0.926. The fraction of sp³-hybridized carbons (Fsp3) is 0.412. The molecule has 2 aliphatic rings. The van der Waals surface area contributed by atoms with Crippen molar-refractivity contribution in [2.24, 2.45) is 5.41 Å². The van der Waals surface area contributed by atoms with Gasteiger partial charge in [-0.3, -0.25) is 9.59 Å². The Labute approximate surface area is 144 Å². The Balaban J connectivity index is 1.55. The molecule has 2 aromatic heterocycles. The number of rotatable bonds is 2. The van der Waals surface area contributed by atoms with Crippen LogP contribution in [-0.4, -0.2) is 56.5 Å². The number of hydrogen-bond acceptors (Lipinski definition) is 6. The second kappa shape index (κ2) is 6.19. The molecule has 8 heteroatoms. The fourth-order valence-electron chi connectivity index (χ4n) is 3.78. The zero-order valence-electron chi connectivity index (χ0n) is 13.7. The number of anilines is 1. The molecular formula is C17H18N6O2. The Morgan fingerprint density at radius 3 is 2.68 bits per heavy atom. The molecule has 2 aromatic rings. The van der Waals surface area contributed by atoms with Gasteiger partial charge in [-0.1, -0.05) is 0 Å². The minimum atomic E-state index is -0.510.